The maximum atomic E-state index is 13.2. The highest BCUT2D eigenvalue weighted by Gasteiger charge is 2.30. The summed E-state index contributed by atoms with van der Waals surface area (Å²) in [5, 5.41) is 4.62. The second kappa shape index (κ2) is 6.54. The van der Waals surface area contributed by atoms with Crippen LogP contribution in [0.2, 0.25) is 0 Å². The lowest BCUT2D eigenvalue weighted by molar-refractivity contribution is 0.0752. The highest BCUT2D eigenvalue weighted by Crippen LogP contribution is 2.38. The van der Waals surface area contributed by atoms with Gasteiger partial charge in [0.1, 0.15) is 23.2 Å². The number of H-pyrrole nitrogens is 1. The molecule has 0 spiro atoms. The Hall–Kier alpha value is -3.03. The van der Waals surface area contributed by atoms with E-state index in [0.29, 0.717) is 49.2 Å². The molecule has 1 aliphatic heterocycles. The minimum atomic E-state index is -0.302. The van der Waals surface area contributed by atoms with E-state index in [1.807, 2.05) is 16.5 Å². The van der Waals surface area contributed by atoms with Gasteiger partial charge < -0.3 is 9.88 Å². The van der Waals surface area contributed by atoms with Gasteiger partial charge in [0.05, 0.1) is 6.54 Å². The Bertz CT molecular complexity index is 1010. The van der Waals surface area contributed by atoms with Crippen LogP contribution in [0.25, 0.3) is 11.4 Å². The Morgan fingerprint density at radius 2 is 1.93 bits per heavy atom. The third-order valence-electron chi connectivity index (χ3n) is 5.39. The van der Waals surface area contributed by atoms with Crippen LogP contribution in [0.3, 0.4) is 0 Å². The summed E-state index contributed by atoms with van der Waals surface area (Å²) < 4.78 is 15.1. The van der Waals surface area contributed by atoms with Crippen LogP contribution in [-0.2, 0) is 13.0 Å². The Morgan fingerprint density at radius 3 is 2.68 bits per heavy atom. The van der Waals surface area contributed by atoms with Crippen molar-refractivity contribution in [2.75, 3.05) is 13.1 Å². The molecule has 8 heteroatoms. The zero-order valence-electron chi connectivity index (χ0n) is 15.7. The first-order valence-electron chi connectivity index (χ1n) is 9.64. The largest absolute Gasteiger partial charge is 0.341 e. The lowest BCUT2D eigenvalue weighted by atomic mass is 10.2. The van der Waals surface area contributed by atoms with Crippen LogP contribution in [0.1, 0.15) is 46.6 Å². The molecular formula is C20H21FN6O. The van der Waals surface area contributed by atoms with Gasteiger partial charge in [0.2, 0.25) is 0 Å². The molecular weight excluding hydrogens is 359 g/mol. The van der Waals surface area contributed by atoms with Gasteiger partial charge in [-0.15, -0.1) is 0 Å². The maximum absolute atomic E-state index is 13.2. The summed E-state index contributed by atoms with van der Waals surface area (Å²) in [6, 6.07) is 6.06. The normalized spacial score (nSPS) is 16.7. The molecule has 1 N–H and O–H groups in total. The van der Waals surface area contributed by atoms with Crippen molar-refractivity contribution in [1.82, 2.24) is 29.6 Å². The molecule has 0 saturated heterocycles. The molecule has 2 aromatic heterocycles. The summed E-state index contributed by atoms with van der Waals surface area (Å²) in [5.41, 5.74) is 1.86. The summed E-state index contributed by atoms with van der Waals surface area (Å²) in [7, 11) is 0. The fourth-order valence-corrected chi connectivity index (χ4v) is 3.60. The Labute approximate surface area is 161 Å². The first-order valence-corrected chi connectivity index (χ1v) is 9.64. The molecule has 7 nitrogen and oxygen atoms in total. The number of amides is 1. The van der Waals surface area contributed by atoms with E-state index in [-0.39, 0.29) is 11.7 Å². The first-order chi connectivity index (χ1) is 13.6. The lowest BCUT2D eigenvalue weighted by Crippen LogP contribution is -2.34. The number of carbonyl (C=O) groups is 1. The average Bonchev–Trinajstić information content (AvgIpc) is 3.40. The van der Waals surface area contributed by atoms with Crippen molar-refractivity contribution in [3.05, 3.63) is 53.1 Å². The van der Waals surface area contributed by atoms with Crippen LogP contribution in [-0.4, -0.2) is 48.6 Å². The molecule has 5 rings (SSSR count). The molecule has 28 heavy (non-hydrogen) atoms. The predicted octanol–water partition coefficient (Wildman–Crippen LogP) is 2.69. The van der Waals surface area contributed by atoms with Crippen molar-refractivity contribution in [2.24, 2.45) is 0 Å². The minimum Gasteiger partial charge on any atom is -0.341 e. The predicted molar refractivity (Wildman–Crippen MR) is 100 cm³/mol. The Balaban J connectivity index is 1.33. The second-order valence-electron chi connectivity index (χ2n) is 7.49. The van der Waals surface area contributed by atoms with Crippen molar-refractivity contribution >= 4 is 5.91 Å². The zero-order chi connectivity index (χ0) is 19.3. The summed E-state index contributed by atoms with van der Waals surface area (Å²) in [6.07, 6.45) is 3.06. The van der Waals surface area contributed by atoms with Gasteiger partial charge in [-0.3, -0.25) is 4.79 Å². The van der Waals surface area contributed by atoms with Crippen LogP contribution in [0.5, 0.6) is 0 Å². The number of carbonyl (C=O) groups excluding carboxylic acids is 1. The average molecular weight is 380 g/mol. The highest BCUT2D eigenvalue weighted by atomic mass is 19.1. The summed E-state index contributed by atoms with van der Waals surface area (Å²) >= 11 is 0. The lowest BCUT2D eigenvalue weighted by Gasteiger charge is -2.19. The van der Waals surface area contributed by atoms with Gasteiger partial charge >= 0.3 is 0 Å². The molecule has 144 valence electrons. The minimum absolute atomic E-state index is 0.102. The number of benzene rings is 1. The summed E-state index contributed by atoms with van der Waals surface area (Å²) in [5.74, 6) is 2.62. The van der Waals surface area contributed by atoms with E-state index in [0.717, 1.165) is 17.2 Å². The number of aromatic amines is 1. The second-order valence-corrected chi connectivity index (χ2v) is 7.49. The molecule has 0 radical (unpaired) electrons. The SMILES string of the molecule is Cc1[nH]c(-c2ccc(F)cc2)nc1C(=O)N1CCc2nc(C3CC3)nn2CC1. The molecule has 0 bridgehead atoms. The monoisotopic (exact) mass is 380 g/mol. The topological polar surface area (TPSA) is 79.7 Å². The molecule has 3 heterocycles. The van der Waals surface area contributed by atoms with E-state index in [2.05, 4.69) is 20.1 Å². The number of rotatable bonds is 3. The fourth-order valence-electron chi connectivity index (χ4n) is 3.60. The molecule has 3 aromatic rings. The molecule has 1 amide bonds. The third kappa shape index (κ3) is 3.08. The number of nitrogens with zero attached hydrogens (tertiary/aromatic N) is 5. The van der Waals surface area contributed by atoms with Crippen LogP contribution in [0, 0.1) is 12.7 Å². The molecule has 1 fully saturated rings. The summed E-state index contributed by atoms with van der Waals surface area (Å²) in [6.45, 7) is 3.66. The van der Waals surface area contributed by atoms with Gasteiger partial charge in [0, 0.05) is 36.7 Å². The van der Waals surface area contributed by atoms with Gasteiger partial charge in [-0.2, -0.15) is 5.10 Å². The Morgan fingerprint density at radius 1 is 1.14 bits per heavy atom. The van der Waals surface area contributed by atoms with Crippen molar-refractivity contribution < 1.29 is 9.18 Å². The standard InChI is InChI=1S/C20H21FN6O/c1-12-17(24-18(22-12)13-4-6-15(21)7-5-13)20(28)26-9-8-16-23-19(14-2-3-14)25-27(16)11-10-26/h4-7,14H,2-3,8-11H2,1H3,(H,22,24). The zero-order valence-corrected chi connectivity index (χ0v) is 15.7. The van der Waals surface area contributed by atoms with E-state index in [9.17, 15) is 9.18 Å². The number of fused-ring (bicyclic) bond motifs is 1. The van der Waals surface area contributed by atoms with Gasteiger partial charge in [-0.05, 0) is 44.0 Å². The van der Waals surface area contributed by atoms with Crippen LogP contribution in [0.15, 0.2) is 24.3 Å². The van der Waals surface area contributed by atoms with Gasteiger partial charge in [-0.1, -0.05) is 0 Å². The van der Waals surface area contributed by atoms with Crippen molar-refractivity contribution in [3.8, 4) is 11.4 Å². The van der Waals surface area contributed by atoms with Crippen LogP contribution in [0.4, 0.5) is 4.39 Å². The van der Waals surface area contributed by atoms with E-state index in [1.165, 1.54) is 25.0 Å². The number of hydrogen-bond donors (Lipinski definition) is 1. The van der Waals surface area contributed by atoms with Crippen LogP contribution >= 0.6 is 0 Å². The van der Waals surface area contributed by atoms with E-state index in [1.54, 1.807) is 12.1 Å². The fraction of sp³-hybridized carbons (Fsp3) is 0.400. The van der Waals surface area contributed by atoms with E-state index < -0.39 is 0 Å². The van der Waals surface area contributed by atoms with Crippen LogP contribution < -0.4 is 0 Å². The Kier molecular flexibility index (Phi) is 3.99. The third-order valence-corrected chi connectivity index (χ3v) is 5.39. The van der Waals surface area contributed by atoms with Crippen molar-refractivity contribution in [2.45, 2.75) is 38.6 Å². The number of halogens is 1. The van der Waals surface area contributed by atoms with Crippen molar-refractivity contribution in [1.29, 1.82) is 0 Å². The number of nitrogens with one attached hydrogen (secondary N) is 1. The molecule has 0 unspecified atom stereocenters. The highest BCUT2D eigenvalue weighted by molar-refractivity contribution is 5.94. The van der Waals surface area contributed by atoms with Crippen molar-refractivity contribution in [3.63, 3.8) is 0 Å². The molecule has 1 saturated carbocycles. The van der Waals surface area contributed by atoms with E-state index >= 15 is 0 Å². The maximum Gasteiger partial charge on any atom is 0.274 e. The molecule has 1 aliphatic carbocycles. The molecule has 2 aliphatic rings. The quantitative estimate of drug-likeness (QED) is 0.758. The number of aryl methyl sites for hydroxylation is 1. The number of aromatic nitrogens is 5. The first kappa shape index (κ1) is 17.1. The summed E-state index contributed by atoms with van der Waals surface area (Å²) in [4.78, 5) is 27.2. The molecule has 1 aromatic carbocycles. The van der Waals surface area contributed by atoms with Gasteiger partial charge in [0.15, 0.2) is 5.82 Å². The van der Waals surface area contributed by atoms with Gasteiger partial charge in [-0.25, -0.2) is 19.0 Å². The smallest absolute Gasteiger partial charge is 0.274 e. The number of imidazole rings is 1. The molecule has 0 atom stereocenters. The number of hydrogen-bond acceptors (Lipinski definition) is 4. The van der Waals surface area contributed by atoms with Gasteiger partial charge in [0.25, 0.3) is 5.91 Å². The van der Waals surface area contributed by atoms with E-state index in [4.69, 9.17) is 0 Å².